The molecule has 0 bridgehead atoms. The molecule has 1 N–H and O–H groups in total. The van der Waals surface area contributed by atoms with Gasteiger partial charge >= 0.3 is 0 Å². The first-order chi connectivity index (χ1) is 15.1. The van der Waals surface area contributed by atoms with Crippen LogP contribution in [0.5, 0.6) is 0 Å². The maximum atomic E-state index is 13.4. The number of hydrogen-bond donors (Lipinski definition) is 1. The number of nitrogens with zero attached hydrogens (tertiary/aromatic N) is 5. The van der Waals surface area contributed by atoms with Crippen molar-refractivity contribution in [3.63, 3.8) is 0 Å². The van der Waals surface area contributed by atoms with Gasteiger partial charge in [-0.15, -0.1) is 0 Å². The van der Waals surface area contributed by atoms with Gasteiger partial charge in [0, 0.05) is 24.0 Å². The number of carbonyl (C=O) groups excluding carboxylic acids is 1. The Morgan fingerprint density at radius 3 is 2.61 bits per heavy atom. The third-order valence-electron chi connectivity index (χ3n) is 4.89. The first-order valence-corrected chi connectivity index (χ1v) is 9.61. The highest BCUT2D eigenvalue weighted by Crippen LogP contribution is 2.26. The smallest absolute Gasteiger partial charge is 0.262 e. The molecule has 0 saturated carbocycles. The Morgan fingerprint density at radius 1 is 1.06 bits per heavy atom. The molecule has 8 heteroatoms. The molecule has 0 unspecified atom stereocenters. The van der Waals surface area contributed by atoms with Crippen molar-refractivity contribution in [3.8, 4) is 16.9 Å². The molecule has 31 heavy (non-hydrogen) atoms. The van der Waals surface area contributed by atoms with Crippen LogP contribution in [0.2, 0.25) is 0 Å². The van der Waals surface area contributed by atoms with E-state index in [-0.39, 0.29) is 11.7 Å². The minimum atomic E-state index is -0.354. The van der Waals surface area contributed by atoms with Gasteiger partial charge in [-0.25, -0.2) is 18.6 Å². The molecule has 3 heterocycles. The summed E-state index contributed by atoms with van der Waals surface area (Å²) in [5.41, 5.74) is 4.04. The lowest BCUT2D eigenvalue weighted by Gasteiger charge is -2.08. The van der Waals surface area contributed by atoms with Gasteiger partial charge in [-0.2, -0.15) is 10.2 Å². The molecule has 152 valence electrons. The molecule has 3 aromatic heterocycles. The van der Waals surface area contributed by atoms with Crippen LogP contribution in [0.3, 0.4) is 0 Å². The van der Waals surface area contributed by atoms with Crippen molar-refractivity contribution in [1.82, 2.24) is 24.4 Å². The number of aromatic nitrogens is 5. The Hall–Kier alpha value is -4.33. The van der Waals surface area contributed by atoms with Gasteiger partial charge in [0.2, 0.25) is 0 Å². The second-order valence-electron chi connectivity index (χ2n) is 7.07. The van der Waals surface area contributed by atoms with Gasteiger partial charge in [-0.3, -0.25) is 4.79 Å². The summed E-state index contributed by atoms with van der Waals surface area (Å²) in [6.07, 6.45) is 4.81. The fourth-order valence-corrected chi connectivity index (χ4v) is 3.29. The molecule has 0 fully saturated rings. The zero-order valence-electron chi connectivity index (χ0n) is 16.5. The average molecular weight is 412 g/mol. The van der Waals surface area contributed by atoms with Crippen molar-refractivity contribution in [3.05, 3.63) is 96.2 Å². The van der Waals surface area contributed by atoms with Crippen molar-refractivity contribution in [2.24, 2.45) is 0 Å². The Labute approximate surface area is 176 Å². The van der Waals surface area contributed by atoms with Crippen molar-refractivity contribution in [1.29, 1.82) is 0 Å². The van der Waals surface area contributed by atoms with E-state index in [1.807, 2.05) is 31.2 Å². The van der Waals surface area contributed by atoms with Crippen LogP contribution < -0.4 is 5.32 Å². The number of amides is 1. The lowest BCUT2D eigenvalue weighted by atomic mass is 10.1. The Balaban J connectivity index is 1.56. The van der Waals surface area contributed by atoms with Gasteiger partial charge in [0.05, 0.1) is 17.6 Å². The van der Waals surface area contributed by atoms with Crippen LogP contribution in [0.15, 0.2) is 79.3 Å². The van der Waals surface area contributed by atoms with E-state index in [0.717, 1.165) is 16.8 Å². The molecule has 0 atom stereocenters. The summed E-state index contributed by atoms with van der Waals surface area (Å²) in [6, 6.07) is 17.3. The monoisotopic (exact) mass is 412 g/mol. The predicted octanol–water partition coefficient (Wildman–Crippen LogP) is 4.28. The summed E-state index contributed by atoms with van der Waals surface area (Å²) < 4.78 is 16.5. The average Bonchev–Trinajstić information content (AvgIpc) is 3.39. The van der Waals surface area contributed by atoms with Gasteiger partial charge in [-0.1, -0.05) is 17.7 Å². The maximum absolute atomic E-state index is 13.4. The number of rotatable bonds is 4. The number of benzene rings is 2. The van der Waals surface area contributed by atoms with Gasteiger partial charge in [0.25, 0.3) is 5.91 Å². The van der Waals surface area contributed by atoms with Crippen molar-refractivity contribution in [2.75, 3.05) is 5.32 Å². The standard InChI is InChI=1S/C23H17FN6O/c1-15-3-9-18(10-4-15)30-21(13-20(28-30)16-5-7-17(24)8-6-16)27-23(31)19-14-26-29-12-2-11-25-22(19)29/h2-14H,1H3,(H,27,31). The molecule has 0 aliphatic rings. The fourth-order valence-electron chi connectivity index (χ4n) is 3.29. The van der Waals surface area contributed by atoms with Crippen molar-refractivity contribution >= 4 is 17.4 Å². The molecular formula is C23H17FN6O. The minimum absolute atomic E-state index is 0.323. The number of halogens is 1. The summed E-state index contributed by atoms with van der Waals surface area (Å²) >= 11 is 0. The van der Waals surface area contributed by atoms with Crippen LogP contribution in [0.1, 0.15) is 15.9 Å². The van der Waals surface area contributed by atoms with Crippen molar-refractivity contribution < 1.29 is 9.18 Å². The molecule has 0 spiro atoms. The van der Waals surface area contributed by atoms with Gasteiger partial charge in [0.15, 0.2) is 5.65 Å². The second kappa shape index (κ2) is 7.49. The van der Waals surface area contributed by atoms with Crippen LogP contribution in [0.4, 0.5) is 10.2 Å². The number of anilines is 1. The quantitative estimate of drug-likeness (QED) is 0.478. The first kappa shape index (κ1) is 18.7. The topological polar surface area (TPSA) is 77.1 Å². The highest BCUT2D eigenvalue weighted by Gasteiger charge is 2.18. The van der Waals surface area contributed by atoms with E-state index in [1.165, 1.54) is 22.8 Å². The van der Waals surface area contributed by atoms with E-state index in [9.17, 15) is 9.18 Å². The number of carbonyl (C=O) groups is 1. The normalized spacial score (nSPS) is 11.0. The van der Waals surface area contributed by atoms with E-state index < -0.39 is 0 Å². The molecule has 2 aromatic carbocycles. The summed E-state index contributed by atoms with van der Waals surface area (Å²) in [7, 11) is 0. The number of aryl methyl sites for hydroxylation is 1. The van der Waals surface area contributed by atoms with Gasteiger partial charge < -0.3 is 5.32 Å². The van der Waals surface area contributed by atoms with E-state index >= 15 is 0 Å². The number of fused-ring (bicyclic) bond motifs is 1. The highest BCUT2D eigenvalue weighted by atomic mass is 19.1. The fraction of sp³-hybridized carbons (Fsp3) is 0.0435. The largest absolute Gasteiger partial charge is 0.306 e. The number of nitrogens with one attached hydrogen (secondary N) is 1. The van der Waals surface area contributed by atoms with E-state index in [2.05, 4.69) is 20.5 Å². The lowest BCUT2D eigenvalue weighted by Crippen LogP contribution is -2.15. The third-order valence-corrected chi connectivity index (χ3v) is 4.89. The van der Waals surface area contributed by atoms with Gasteiger partial charge in [0.1, 0.15) is 17.2 Å². The molecule has 5 rings (SSSR count). The molecule has 0 aliphatic heterocycles. The zero-order valence-corrected chi connectivity index (χ0v) is 16.5. The third kappa shape index (κ3) is 3.55. The van der Waals surface area contributed by atoms with Crippen LogP contribution in [0.25, 0.3) is 22.6 Å². The van der Waals surface area contributed by atoms with Gasteiger partial charge in [-0.05, 0) is 49.4 Å². The minimum Gasteiger partial charge on any atom is -0.306 e. The second-order valence-corrected chi connectivity index (χ2v) is 7.07. The maximum Gasteiger partial charge on any atom is 0.262 e. The summed E-state index contributed by atoms with van der Waals surface area (Å²) in [5.74, 6) is -0.202. The van der Waals surface area contributed by atoms with E-state index in [4.69, 9.17) is 0 Å². The van der Waals surface area contributed by atoms with E-state index in [0.29, 0.717) is 22.7 Å². The number of hydrogen-bond acceptors (Lipinski definition) is 4. The van der Waals surface area contributed by atoms with Crippen LogP contribution in [0, 0.1) is 12.7 Å². The molecule has 0 aliphatic carbocycles. The predicted molar refractivity (Wildman–Crippen MR) is 115 cm³/mol. The summed E-state index contributed by atoms with van der Waals surface area (Å²) in [5, 5.41) is 11.7. The highest BCUT2D eigenvalue weighted by molar-refractivity contribution is 6.08. The molecular weight excluding hydrogens is 395 g/mol. The summed E-state index contributed by atoms with van der Waals surface area (Å²) in [6.45, 7) is 2.00. The van der Waals surface area contributed by atoms with Crippen LogP contribution >= 0.6 is 0 Å². The summed E-state index contributed by atoms with van der Waals surface area (Å²) in [4.78, 5) is 17.3. The van der Waals surface area contributed by atoms with Crippen LogP contribution in [-0.2, 0) is 0 Å². The van der Waals surface area contributed by atoms with Crippen molar-refractivity contribution in [2.45, 2.75) is 6.92 Å². The SMILES string of the molecule is Cc1ccc(-n2nc(-c3ccc(F)cc3)cc2NC(=O)c2cnn3cccnc23)cc1. The molecule has 0 radical (unpaired) electrons. The zero-order chi connectivity index (χ0) is 21.4. The Bertz CT molecular complexity index is 1390. The lowest BCUT2D eigenvalue weighted by molar-refractivity contribution is 0.102. The Morgan fingerprint density at radius 2 is 1.84 bits per heavy atom. The molecule has 5 aromatic rings. The first-order valence-electron chi connectivity index (χ1n) is 9.61. The van der Waals surface area contributed by atoms with E-state index in [1.54, 1.807) is 41.3 Å². The van der Waals surface area contributed by atoms with Crippen LogP contribution in [-0.4, -0.2) is 30.3 Å². The Kier molecular flexibility index (Phi) is 4.51. The molecule has 1 amide bonds. The molecule has 7 nitrogen and oxygen atoms in total. The molecule has 0 saturated heterocycles.